The Morgan fingerprint density at radius 2 is 1.67 bits per heavy atom. The summed E-state index contributed by atoms with van der Waals surface area (Å²) < 4.78 is 23.9. The lowest BCUT2D eigenvalue weighted by atomic mass is 9.95. The second kappa shape index (κ2) is 8.55. The van der Waals surface area contributed by atoms with Gasteiger partial charge in [-0.15, -0.1) is 0 Å². The molecule has 3 atom stereocenters. The van der Waals surface area contributed by atoms with Crippen LogP contribution in [0.1, 0.15) is 31.7 Å². The lowest BCUT2D eigenvalue weighted by molar-refractivity contribution is 0.332. The van der Waals surface area contributed by atoms with Gasteiger partial charge < -0.3 is 0 Å². The minimum Gasteiger partial charge on any atom is -0.275 e. The Hall–Kier alpha value is -3.33. The normalized spacial score (nSPS) is 20.4. The summed E-state index contributed by atoms with van der Waals surface area (Å²) in [4.78, 5) is 9.20. The molecule has 4 aromatic rings. The van der Waals surface area contributed by atoms with Gasteiger partial charge in [0, 0.05) is 75.3 Å². The van der Waals surface area contributed by atoms with Crippen molar-refractivity contribution in [3.63, 3.8) is 0 Å². The standard InChI is InChI=1S/C24H27N7OS/c1-30-15-20(13-28-30)17-5-3-6-18(9-17)24-26-11-19(12-27-24)21-14-29-31(16-21)22-7-4-8-23(10-22)33(2,25)32/h3,5-6,9,11-16,22-23,25H,4,7-8,10H2,1-2H3. The van der Waals surface area contributed by atoms with Crippen molar-refractivity contribution in [3.8, 4) is 33.6 Å². The molecule has 1 aromatic carbocycles. The van der Waals surface area contributed by atoms with E-state index in [2.05, 4.69) is 32.3 Å². The number of aryl methyl sites for hydroxylation is 1. The van der Waals surface area contributed by atoms with Crippen LogP contribution < -0.4 is 0 Å². The molecule has 5 rings (SSSR count). The lowest BCUT2D eigenvalue weighted by Crippen LogP contribution is -2.28. The monoisotopic (exact) mass is 461 g/mol. The fraction of sp³-hybridized carbons (Fsp3) is 0.333. The van der Waals surface area contributed by atoms with Gasteiger partial charge in [-0.2, -0.15) is 10.2 Å². The third-order valence-corrected chi connectivity index (χ3v) is 8.05. The highest BCUT2D eigenvalue weighted by Crippen LogP contribution is 2.33. The molecular formula is C24H27N7OS. The van der Waals surface area contributed by atoms with Crippen molar-refractivity contribution in [2.45, 2.75) is 37.0 Å². The minimum absolute atomic E-state index is 0.0612. The Morgan fingerprint density at radius 1 is 0.939 bits per heavy atom. The number of nitrogens with one attached hydrogen (secondary N) is 1. The van der Waals surface area contributed by atoms with Crippen LogP contribution in [0.3, 0.4) is 0 Å². The largest absolute Gasteiger partial charge is 0.275 e. The molecule has 1 aliphatic rings. The van der Waals surface area contributed by atoms with Gasteiger partial charge in [0.1, 0.15) is 0 Å². The van der Waals surface area contributed by atoms with Crippen molar-refractivity contribution < 1.29 is 4.21 Å². The lowest BCUT2D eigenvalue weighted by Gasteiger charge is -2.29. The molecule has 0 spiro atoms. The van der Waals surface area contributed by atoms with Crippen molar-refractivity contribution in [1.82, 2.24) is 29.5 Å². The maximum Gasteiger partial charge on any atom is 0.159 e. The van der Waals surface area contributed by atoms with E-state index in [1.54, 1.807) is 10.9 Å². The summed E-state index contributed by atoms with van der Waals surface area (Å²) in [6.07, 6.45) is 16.4. The molecule has 3 aromatic heterocycles. The first-order valence-corrected chi connectivity index (χ1v) is 13.1. The summed E-state index contributed by atoms with van der Waals surface area (Å²) >= 11 is 0. The van der Waals surface area contributed by atoms with E-state index in [1.165, 1.54) is 0 Å². The van der Waals surface area contributed by atoms with Crippen LogP contribution in [0.15, 0.2) is 61.4 Å². The van der Waals surface area contributed by atoms with E-state index in [0.717, 1.165) is 53.5 Å². The van der Waals surface area contributed by atoms with Gasteiger partial charge in [-0.3, -0.25) is 14.1 Å². The van der Waals surface area contributed by atoms with Crippen molar-refractivity contribution in [3.05, 3.63) is 61.4 Å². The molecule has 8 nitrogen and oxygen atoms in total. The Bertz CT molecular complexity index is 1370. The molecule has 1 aliphatic carbocycles. The van der Waals surface area contributed by atoms with Gasteiger partial charge in [-0.1, -0.05) is 24.6 Å². The number of rotatable bonds is 5. The molecule has 1 saturated carbocycles. The van der Waals surface area contributed by atoms with E-state index in [1.807, 2.05) is 61.0 Å². The molecule has 1 N–H and O–H groups in total. The molecule has 0 saturated heterocycles. The Balaban J connectivity index is 1.34. The molecule has 1 fully saturated rings. The fourth-order valence-corrected chi connectivity index (χ4v) is 5.70. The summed E-state index contributed by atoms with van der Waals surface area (Å²) in [6, 6.07) is 8.31. The van der Waals surface area contributed by atoms with Crippen molar-refractivity contribution in [2.75, 3.05) is 6.26 Å². The summed E-state index contributed by atoms with van der Waals surface area (Å²) in [5.41, 5.74) is 4.93. The highest BCUT2D eigenvalue weighted by Gasteiger charge is 2.28. The van der Waals surface area contributed by atoms with Crippen LogP contribution in [0.4, 0.5) is 0 Å². The molecule has 33 heavy (non-hydrogen) atoms. The zero-order valence-electron chi connectivity index (χ0n) is 18.8. The molecule has 170 valence electrons. The van der Waals surface area contributed by atoms with E-state index in [-0.39, 0.29) is 11.3 Å². The first kappa shape index (κ1) is 21.5. The third-order valence-electron chi connectivity index (χ3n) is 6.35. The van der Waals surface area contributed by atoms with E-state index >= 15 is 0 Å². The average molecular weight is 462 g/mol. The van der Waals surface area contributed by atoms with Crippen LogP contribution in [-0.4, -0.2) is 45.2 Å². The Morgan fingerprint density at radius 3 is 2.39 bits per heavy atom. The van der Waals surface area contributed by atoms with Crippen LogP contribution in [0, 0.1) is 4.78 Å². The predicted octanol–water partition coefficient (Wildman–Crippen LogP) is 4.57. The van der Waals surface area contributed by atoms with Gasteiger partial charge in [0.2, 0.25) is 0 Å². The number of hydrogen-bond acceptors (Lipinski definition) is 6. The number of nitrogens with zero attached hydrogens (tertiary/aromatic N) is 6. The van der Waals surface area contributed by atoms with Crippen molar-refractivity contribution in [1.29, 1.82) is 4.78 Å². The quantitative estimate of drug-likeness (QED) is 0.469. The molecule has 0 amide bonds. The first-order valence-electron chi connectivity index (χ1n) is 11.1. The van der Waals surface area contributed by atoms with Crippen molar-refractivity contribution >= 4 is 9.73 Å². The first-order chi connectivity index (χ1) is 15.9. The van der Waals surface area contributed by atoms with E-state index in [0.29, 0.717) is 5.82 Å². The van der Waals surface area contributed by atoms with Gasteiger partial charge >= 0.3 is 0 Å². The SMILES string of the molecule is Cn1cc(-c2cccc(-c3ncc(-c4cnn(C5CCCC(S(C)(=N)=O)C5)c4)cn3)c2)cn1. The topological polar surface area (TPSA) is 102 Å². The van der Waals surface area contributed by atoms with E-state index < -0.39 is 9.73 Å². The maximum atomic E-state index is 12.2. The predicted molar refractivity (Wildman–Crippen MR) is 129 cm³/mol. The number of hydrogen-bond donors (Lipinski definition) is 1. The zero-order valence-corrected chi connectivity index (χ0v) is 19.6. The zero-order chi connectivity index (χ0) is 23.0. The summed E-state index contributed by atoms with van der Waals surface area (Å²) in [7, 11) is -0.625. The van der Waals surface area contributed by atoms with Gasteiger partial charge in [0.25, 0.3) is 0 Å². The molecule has 0 aliphatic heterocycles. The highest BCUT2D eigenvalue weighted by atomic mass is 32.2. The molecule has 0 radical (unpaired) electrons. The number of benzene rings is 1. The highest BCUT2D eigenvalue weighted by molar-refractivity contribution is 7.92. The summed E-state index contributed by atoms with van der Waals surface area (Å²) in [5.74, 6) is 0.667. The second-order valence-electron chi connectivity index (χ2n) is 8.83. The summed E-state index contributed by atoms with van der Waals surface area (Å²) in [5, 5.41) is 8.74. The smallest absolute Gasteiger partial charge is 0.159 e. The van der Waals surface area contributed by atoms with Gasteiger partial charge in [-0.05, 0) is 30.9 Å². The van der Waals surface area contributed by atoms with Crippen LogP contribution in [0.2, 0.25) is 0 Å². The van der Waals surface area contributed by atoms with Crippen LogP contribution in [-0.2, 0) is 16.8 Å². The van der Waals surface area contributed by atoms with Gasteiger partial charge in [-0.25, -0.2) is 14.2 Å². The maximum absolute atomic E-state index is 12.2. The summed E-state index contributed by atoms with van der Waals surface area (Å²) in [6.45, 7) is 0. The van der Waals surface area contributed by atoms with Crippen LogP contribution >= 0.6 is 0 Å². The number of aromatic nitrogens is 6. The molecule has 3 unspecified atom stereocenters. The minimum atomic E-state index is -2.53. The fourth-order valence-electron chi connectivity index (χ4n) is 4.49. The van der Waals surface area contributed by atoms with Crippen molar-refractivity contribution in [2.24, 2.45) is 7.05 Å². The van der Waals surface area contributed by atoms with Gasteiger partial charge in [0.15, 0.2) is 5.82 Å². The Kier molecular flexibility index (Phi) is 5.57. The van der Waals surface area contributed by atoms with Crippen LogP contribution in [0.25, 0.3) is 33.6 Å². The van der Waals surface area contributed by atoms with Crippen LogP contribution in [0.5, 0.6) is 0 Å². The molecule has 9 heteroatoms. The van der Waals surface area contributed by atoms with Gasteiger partial charge in [0.05, 0.1) is 18.4 Å². The van der Waals surface area contributed by atoms with E-state index in [4.69, 9.17) is 4.78 Å². The van der Waals surface area contributed by atoms with E-state index in [9.17, 15) is 4.21 Å². The second-order valence-corrected chi connectivity index (χ2v) is 11.3. The Labute approximate surface area is 193 Å². The molecular weight excluding hydrogens is 434 g/mol. The third kappa shape index (κ3) is 4.59. The molecule has 3 heterocycles. The average Bonchev–Trinajstić information content (AvgIpc) is 3.49. The molecule has 0 bridgehead atoms.